The van der Waals surface area contributed by atoms with E-state index in [4.69, 9.17) is 104 Å². The van der Waals surface area contributed by atoms with Crippen LogP contribution in [0, 0.1) is 0 Å². The van der Waals surface area contributed by atoms with Crippen molar-refractivity contribution in [2.45, 2.75) is 6.55 Å². The van der Waals surface area contributed by atoms with Crippen molar-refractivity contribution in [1.29, 1.82) is 0 Å². The highest BCUT2D eigenvalue weighted by molar-refractivity contribution is 7.48. The van der Waals surface area contributed by atoms with Crippen molar-refractivity contribution in [3.63, 3.8) is 0 Å². The molecule has 0 N–H and O–H groups in total. The van der Waals surface area contributed by atoms with Crippen LogP contribution in [0.5, 0.6) is 0 Å². The molecular weight excluding hydrogens is 600 g/mol. The SMILES string of the molecule is C[Si](c1sc(Cl)c(Cl)c1Cl)(c1sc(Cl)c(Cl)c1Cl)c1sc(Cl)c(Cl)c1Cl. The van der Waals surface area contributed by atoms with E-state index in [1.54, 1.807) is 0 Å². The molecule has 0 spiro atoms. The molecule has 3 aromatic heterocycles. The van der Waals surface area contributed by atoms with Gasteiger partial charge in [0.05, 0.1) is 30.1 Å². The Balaban J connectivity index is 2.44. The highest BCUT2D eigenvalue weighted by atomic mass is 35.5. The average Bonchev–Trinajstić information content (AvgIpc) is 3.13. The summed E-state index contributed by atoms with van der Waals surface area (Å²) in [7, 11) is -2.89. The third-order valence-electron chi connectivity index (χ3n) is 3.63. The largest absolute Gasteiger partial charge is 0.187 e. The maximum atomic E-state index is 6.52. The van der Waals surface area contributed by atoms with Gasteiger partial charge in [0, 0.05) is 13.5 Å². The molecule has 0 aliphatic carbocycles. The van der Waals surface area contributed by atoms with Crippen LogP contribution in [-0.4, -0.2) is 8.07 Å². The number of hydrogen-bond acceptors (Lipinski definition) is 3. The van der Waals surface area contributed by atoms with Gasteiger partial charge in [0.25, 0.3) is 0 Å². The predicted molar refractivity (Wildman–Crippen MR) is 129 cm³/mol. The van der Waals surface area contributed by atoms with E-state index in [1.165, 1.54) is 34.0 Å². The summed E-state index contributed by atoms with van der Waals surface area (Å²) >= 11 is 60.8. The van der Waals surface area contributed by atoms with Crippen molar-refractivity contribution in [2.24, 2.45) is 0 Å². The van der Waals surface area contributed by atoms with Crippen LogP contribution in [0.3, 0.4) is 0 Å². The van der Waals surface area contributed by atoms with Gasteiger partial charge >= 0.3 is 0 Å². The third kappa shape index (κ3) is 3.49. The van der Waals surface area contributed by atoms with Gasteiger partial charge < -0.3 is 0 Å². The van der Waals surface area contributed by atoms with Gasteiger partial charge in [-0.1, -0.05) is 111 Å². The Labute approximate surface area is 207 Å². The van der Waals surface area contributed by atoms with E-state index in [0.717, 1.165) is 13.5 Å². The maximum Gasteiger partial charge on any atom is 0.187 e. The summed E-state index contributed by atoms with van der Waals surface area (Å²) in [5, 5.41) is 1.89. The zero-order chi connectivity index (χ0) is 19.5. The Bertz CT molecular complexity index is 892. The Morgan fingerprint density at radius 1 is 0.462 bits per heavy atom. The lowest BCUT2D eigenvalue weighted by Crippen LogP contribution is -2.63. The van der Waals surface area contributed by atoms with E-state index in [1.807, 2.05) is 6.55 Å². The van der Waals surface area contributed by atoms with E-state index in [2.05, 4.69) is 0 Å². The molecule has 0 aromatic carbocycles. The summed E-state index contributed by atoms with van der Waals surface area (Å²) in [6.07, 6.45) is 0. The number of hydrogen-bond donors (Lipinski definition) is 0. The quantitative estimate of drug-likeness (QED) is 0.263. The minimum Gasteiger partial charge on any atom is -0.129 e. The van der Waals surface area contributed by atoms with Crippen molar-refractivity contribution < 1.29 is 0 Å². The van der Waals surface area contributed by atoms with Crippen LogP contribution in [0.4, 0.5) is 0 Å². The number of thiophene rings is 3. The predicted octanol–water partition coefficient (Wildman–Crippen LogP) is 8.85. The van der Waals surface area contributed by atoms with Crippen LogP contribution in [0.1, 0.15) is 0 Å². The molecule has 0 unspecified atom stereocenters. The van der Waals surface area contributed by atoms with E-state index in [-0.39, 0.29) is 15.1 Å². The van der Waals surface area contributed by atoms with E-state index >= 15 is 0 Å². The molecule has 140 valence electrons. The molecular formula is C13H3Cl9S3Si. The molecule has 3 rings (SSSR count). The lowest BCUT2D eigenvalue weighted by molar-refractivity contribution is 1.90. The van der Waals surface area contributed by atoms with E-state index < -0.39 is 8.07 Å². The normalized spacial score (nSPS) is 12.2. The molecule has 0 aliphatic heterocycles. The second-order valence-electron chi connectivity index (χ2n) is 5.12. The fraction of sp³-hybridized carbons (Fsp3) is 0.0769. The molecule has 0 nitrogen and oxygen atoms in total. The lowest BCUT2D eigenvalue weighted by Gasteiger charge is -2.25. The van der Waals surface area contributed by atoms with Gasteiger partial charge in [-0.05, 0) is 0 Å². The standard InChI is InChI=1S/C13H3Cl9S3Si/c1-26(11-5(17)2(14)8(20)23-11,12-6(18)3(15)9(21)24-12)13-7(19)4(16)10(22)25-13/h1H3. The van der Waals surface area contributed by atoms with Crippen LogP contribution < -0.4 is 13.5 Å². The van der Waals surface area contributed by atoms with Crippen LogP contribution in [0.2, 0.25) is 49.7 Å². The number of halogens is 9. The molecule has 3 aromatic rings. The molecule has 13 heteroatoms. The summed E-state index contributed by atoms with van der Waals surface area (Å²) in [6.45, 7) is 2.01. The second kappa shape index (κ2) is 8.22. The van der Waals surface area contributed by atoms with Gasteiger partial charge in [-0.25, -0.2) is 0 Å². The van der Waals surface area contributed by atoms with Crippen molar-refractivity contribution in [2.75, 3.05) is 0 Å². The van der Waals surface area contributed by atoms with Crippen molar-refractivity contribution in [3.05, 3.63) is 43.1 Å². The maximum absolute atomic E-state index is 6.52. The summed E-state index contributed by atoms with van der Waals surface area (Å²) in [4.78, 5) is 0. The summed E-state index contributed by atoms with van der Waals surface area (Å²) in [5.41, 5.74) is 0. The van der Waals surface area contributed by atoms with Gasteiger partial charge in [0.1, 0.15) is 13.0 Å². The molecule has 0 bridgehead atoms. The molecule has 0 saturated carbocycles. The van der Waals surface area contributed by atoms with Crippen molar-refractivity contribution >= 4 is 160 Å². The molecule has 0 amide bonds. The second-order valence-corrected chi connectivity index (χ2v) is 17.1. The van der Waals surface area contributed by atoms with Gasteiger partial charge in [-0.3, -0.25) is 0 Å². The minimum absolute atomic E-state index is 0.279. The molecule has 26 heavy (non-hydrogen) atoms. The molecule has 3 heterocycles. The van der Waals surface area contributed by atoms with Crippen LogP contribution in [-0.2, 0) is 0 Å². The lowest BCUT2D eigenvalue weighted by atomic mass is 10.6. The first-order valence-corrected chi connectivity index (χ1v) is 14.8. The fourth-order valence-corrected chi connectivity index (χ4v) is 17.4. The first-order valence-electron chi connectivity index (χ1n) is 6.43. The van der Waals surface area contributed by atoms with Gasteiger partial charge in [0.2, 0.25) is 0 Å². The van der Waals surface area contributed by atoms with Crippen LogP contribution in [0.25, 0.3) is 0 Å². The van der Waals surface area contributed by atoms with E-state index in [9.17, 15) is 0 Å². The van der Waals surface area contributed by atoms with Crippen molar-refractivity contribution in [1.82, 2.24) is 0 Å². The topological polar surface area (TPSA) is 0 Å². The van der Waals surface area contributed by atoms with Crippen molar-refractivity contribution in [3.8, 4) is 0 Å². The van der Waals surface area contributed by atoms with Crippen LogP contribution in [0.15, 0.2) is 0 Å². The first-order chi connectivity index (χ1) is 12.0. The zero-order valence-electron chi connectivity index (χ0n) is 12.1. The highest BCUT2D eigenvalue weighted by Gasteiger charge is 2.46. The Morgan fingerprint density at radius 2 is 0.692 bits per heavy atom. The molecule has 0 aliphatic rings. The Kier molecular flexibility index (Phi) is 7.15. The smallest absolute Gasteiger partial charge is 0.129 e. The monoisotopic (exact) mass is 598 g/mol. The fourth-order valence-electron chi connectivity index (χ4n) is 2.37. The molecule has 0 atom stereocenters. The first kappa shape index (κ1) is 22.6. The van der Waals surface area contributed by atoms with Gasteiger partial charge in [-0.2, -0.15) is 0 Å². The minimum atomic E-state index is -2.89. The average molecular weight is 603 g/mol. The highest BCUT2D eigenvalue weighted by Crippen LogP contribution is 2.43. The van der Waals surface area contributed by atoms with E-state index in [0.29, 0.717) is 28.1 Å². The Hall–Kier alpha value is 1.93. The Morgan fingerprint density at radius 3 is 0.846 bits per heavy atom. The van der Waals surface area contributed by atoms with Gasteiger partial charge in [0.15, 0.2) is 8.07 Å². The van der Waals surface area contributed by atoms with Crippen LogP contribution >= 0.6 is 138 Å². The molecule has 0 radical (unpaired) electrons. The number of rotatable bonds is 3. The third-order valence-corrected chi connectivity index (χ3v) is 19.3. The zero-order valence-corrected chi connectivity index (χ0v) is 22.4. The summed E-state index contributed by atoms with van der Waals surface area (Å²) in [5.74, 6) is 0. The summed E-state index contributed by atoms with van der Waals surface area (Å²) < 4.78 is 3.42. The molecule has 0 saturated heterocycles. The molecule has 0 fully saturated rings. The van der Waals surface area contributed by atoms with Gasteiger partial charge in [-0.15, -0.1) is 34.0 Å². The summed E-state index contributed by atoms with van der Waals surface area (Å²) in [6, 6.07) is 0.